The van der Waals surface area contributed by atoms with E-state index in [1.54, 1.807) is 24.4 Å². The molecule has 4 aromatic rings. The van der Waals surface area contributed by atoms with Crippen LogP contribution in [0, 0.1) is 5.41 Å². The number of nitrogens with zero attached hydrogens (tertiary/aromatic N) is 4. The van der Waals surface area contributed by atoms with Gasteiger partial charge in [-0.2, -0.15) is 0 Å². The number of ether oxygens (including phenoxy) is 5. The summed E-state index contributed by atoms with van der Waals surface area (Å²) in [4.78, 5) is 53.7. The number of pyridine rings is 1. The summed E-state index contributed by atoms with van der Waals surface area (Å²) in [6.45, 7) is 13.0. The van der Waals surface area contributed by atoms with Crippen molar-refractivity contribution in [2.75, 3.05) is 51.0 Å². The van der Waals surface area contributed by atoms with Crippen LogP contribution in [0.5, 0.6) is 5.75 Å². The molecule has 15 heteroatoms. The molecule has 3 aromatic heterocycles. The lowest BCUT2D eigenvalue weighted by molar-refractivity contribution is -0.251. The molecule has 2 N–H and O–H groups in total. The average Bonchev–Trinajstić information content (AvgIpc) is 3.49. The first-order valence-electron chi connectivity index (χ1n) is 17.8. The Morgan fingerprint density at radius 2 is 1.77 bits per heavy atom. The van der Waals surface area contributed by atoms with Gasteiger partial charge in [-0.05, 0) is 56.9 Å². The molecule has 4 heterocycles. The number of hydrogen-bond donors (Lipinski definition) is 2. The Bertz CT molecular complexity index is 1880. The maximum atomic E-state index is 12.7. The molecule has 0 aliphatic carbocycles. The van der Waals surface area contributed by atoms with Crippen LogP contribution < -0.4 is 15.0 Å². The number of aliphatic hydroxyl groups is 1. The monoisotopic (exact) mass is 735 g/mol. The molecule has 1 aromatic carbocycles. The topological polar surface area (TPSA) is 185 Å². The number of amides is 1. The van der Waals surface area contributed by atoms with Gasteiger partial charge in [-0.15, -0.1) is 0 Å². The highest BCUT2D eigenvalue weighted by molar-refractivity contribution is 6.05. The molecule has 0 spiro atoms. The number of nitrogens with one attached hydrogen (secondary N) is 1. The zero-order valence-corrected chi connectivity index (χ0v) is 31.2. The number of aromatic nitrogens is 3. The lowest BCUT2D eigenvalue weighted by Gasteiger charge is -2.35. The summed E-state index contributed by atoms with van der Waals surface area (Å²) in [5.74, 6) is -0.323. The van der Waals surface area contributed by atoms with Crippen LogP contribution in [0.3, 0.4) is 0 Å². The summed E-state index contributed by atoms with van der Waals surface area (Å²) in [5.41, 5.74) is 1.29. The number of hydrogen-bond acceptors (Lipinski definition) is 14. The number of morpholine rings is 1. The van der Waals surface area contributed by atoms with Crippen molar-refractivity contribution in [1.29, 1.82) is 0 Å². The van der Waals surface area contributed by atoms with E-state index >= 15 is 0 Å². The van der Waals surface area contributed by atoms with Crippen LogP contribution in [0.4, 0.5) is 5.82 Å². The molecule has 0 bridgehead atoms. The fourth-order valence-corrected chi connectivity index (χ4v) is 5.53. The number of furan rings is 1. The second kappa shape index (κ2) is 17.4. The number of carbonyl (C=O) groups is 3. The highest BCUT2D eigenvalue weighted by Gasteiger charge is 2.31. The highest BCUT2D eigenvalue weighted by atomic mass is 16.7. The largest absolute Gasteiger partial charge is 0.460 e. The van der Waals surface area contributed by atoms with E-state index in [1.165, 1.54) is 0 Å². The van der Waals surface area contributed by atoms with Crippen LogP contribution in [0.15, 0.2) is 47.0 Å². The van der Waals surface area contributed by atoms with Gasteiger partial charge in [-0.3, -0.25) is 9.59 Å². The predicted octanol–water partition coefficient (Wildman–Crippen LogP) is 4.57. The second-order valence-corrected chi connectivity index (χ2v) is 14.8. The van der Waals surface area contributed by atoms with E-state index in [1.807, 2.05) is 59.7 Å². The quantitative estimate of drug-likeness (QED) is 0.0983. The molecule has 286 valence electrons. The number of fused-ring (bicyclic) bond motifs is 3. The summed E-state index contributed by atoms with van der Waals surface area (Å²) in [6.07, 6.45) is 0.410. The molecule has 0 saturated carbocycles. The Balaban J connectivity index is 1.12. The Kier molecular flexibility index (Phi) is 13.0. The zero-order valence-electron chi connectivity index (χ0n) is 31.2. The highest BCUT2D eigenvalue weighted by Crippen LogP contribution is 2.35. The van der Waals surface area contributed by atoms with Gasteiger partial charge < -0.3 is 43.4 Å². The first-order chi connectivity index (χ1) is 25.2. The minimum Gasteiger partial charge on any atom is -0.460 e. The normalized spacial score (nSPS) is 15.0. The molecule has 1 aliphatic heterocycles. The fraction of sp³-hybridized carbons (Fsp3) is 0.526. The standard InChI is InChI=1S/C38H49N5O10/c1-37(2,3)27(22-44)51-31(53-38(4,5)6)23-49-29(46)14-8-13-28(45)40-21-30(47)50-25-11-7-10-24(20-25)34-41-32-26-12-9-15-39-36(26)52-33(32)35(42-34)43-16-18-48-19-17-43/h7,9-12,15,20,27,31,44H,8,13-14,16-19,21-23H2,1-6H3,(H,40,45). The first-order valence-corrected chi connectivity index (χ1v) is 17.8. The van der Waals surface area contributed by atoms with Crippen molar-refractivity contribution in [3.8, 4) is 17.1 Å². The van der Waals surface area contributed by atoms with Crippen molar-refractivity contribution in [2.24, 2.45) is 5.41 Å². The number of carbonyl (C=O) groups excluding carboxylic acids is 3. The third-order valence-electron chi connectivity index (χ3n) is 8.24. The number of esters is 2. The number of rotatable bonds is 15. The van der Waals surface area contributed by atoms with E-state index < -0.39 is 35.8 Å². The van der Waals surface area contributed by atoms with Gasteiger partial charge in [-0.1, -0.05) is 32.9 Å². The predicted molar refractivity (Wildman–Crippen MR) is 195 cm³/mol. The molecule has 2 unspecified atom stereocenters. The first kappa shape index (κ1) is 39.5. The minimum absolute atomic E-state index is 0.00357. The molecule has 53 heavy (non-hydrogen) atoms. The van der Waals surface area contributed by atoms with Gasteiger partial charge in [0, 0.05) is 37.7 Å². The van der Waals surface area contributed by atoms with Gasteiger partial charge in [0.05, 0.1) is 36.9 Å². The molecule has 0 radical (unpaired) electrons. The van der Waals surface area contributed by atoms with Gasteiger partial charge in [0.15, 0.2) is 23.5 Å². The van der Waals surface area contributed by atoms with E-state index in [0.29, 0.717) is 60.3 Å². The summed E-state index contributed by atoms with van der Waals surface area (Å²) >= 11 is 0. The maximum absolute atomic E-state index is 12.7. The molecular weight excluding hydrogens is 686 g/mol. The number of anilines is 1. The van der Waals surface area contributed by atoms with E-state index in [-0.39, 0.29) is 50.2 Å². The van der Waals surface area contributed by atoms with Crippen LogP contribution in [-0.2, 0) is 33.3 Å². The van der Waals surface area contributed by atoms with Crippen molar-refractivity contribution in [1.82, 2.24) is 20.3 Å². The van der Waals surface area contributed by atoms with E-state index in [9.17, 15) is 19.5 Å². The smallest absolute Gasteiger partial charge is 0.330 e. The summed E-state index contributed by atoms with van der Waals surface area (Å²) in [5, 5.41) is 13.1. The van der Waals surface area contributed by atoms with E-state index in [4.69, 9.17) is 38.1 Å². The van der Waals surface area contributed by atoms with Crippen LogP contribution >= 0.6 is 0 Å². The third-order valence-corrected chi connectivity index (χ3v) is 8.24. The average molecular weight is 736 g/mol. The van der Waals surface area contributed by atoms with Crippen molar-refractivity contribution < 1.29 is 47.6 Å². The van der Waals surface area contributed by atoms with Gasteiger partial charge in [0.1, 0.15) is 24.4 Å². The lowest BCUT2D eigenvalue weighted by atomic mass is 9.89. The van der Waals surface area contributed by atoms with Crippen molar-refractivity contribution in [3.63, 3.8) is 0 Å². The van der Waals surface area contributed by atoms with Crippen LogP contribution in [-0.4, -0.2) is 102 Å². The molecule has 1 amide bonds. The third kappa shape index (κ3) is 11.2. The van der Waals surface area contributed by atoms with Crippen molar-refractivity contribution >= 4 is 45.9 Å². The SMILES string of the molecule is CC(C)(C)OC(COC(=O)CCCC(=O)NCC(=O)Oc1cccc(-c2nc(N3CCOCC3)c3oc4ncccc4c3n2)c1)OC(CO)C(C)(C)C. The van der Waals surface area contributed by atoms with Crippen LogP contribution in [0.25, 0.3) is 33.6 Å². The van der Waals surface area contributed by atoms with E-state index in [0.717, 1.165) is 5.39 Å². The Morgan fingerprint density at radius 3 is 2.49 bits per heavy atom. The van der Waals surface area contributed by atoms with E-state index in [2.05, 4.69) is 15.2 Å². The number of benzene rings is 1. The molecule has 1 aliphatic rings. The fourth-order valence-electron chi connectivity index (χ4n) is 5.53. The summed E-state index contributed by atoms with van der Waals surface area (Å²) in [7, 11) is 0. The van der Waals surface area contributed by atoms with Crippen molar-refractivity contribution in [3.05, 3.63) is 42.6 Å². The second-order valence-electron chi connectivity index (χ2n) is 14.8. The summed E-state index contributed by atoms with van der Waals surface area (Å²) < 4.78 is 34.4. The molecular formula is C38H49N5O10. The minimum atomic E-state index is -0.886. The van der Waals surface area contributed by atoms with Crippen molar-refractivity contribution in [2.45, 2.75) is 78.8 Å². The molecule has 2 atom stereocenters. The number of aliphatic hydroxyl groups excluding tert-OH is 1. The van der Waals surface area contributed by atoms with Crippen LogP contribution in [0.2, 0.25) is 0 Å². The Labute approximate surface area is 308 Å². The van der Waals surface area contributed by atoms with Crippen LogP contribution in [0.1, 0.15) is 60.8 Å². The molecule has 5 rings (SSSR count). The lowest BCUT2D eigenvalue weighted by Crippen LogP contribution is -2.42. The summed E-state index contributed by atoms with van der Waals surface area (Å²) in [6, 6.07) is 10.5. The van der Waals surface area contributed by atoms with Gasteiger partial charge >= 0.3 is 11.9 Å². The Hall–Kier alpha value is -4.70. The Morgan fingerprint density at radius 1 is 1.00 bits per heavy atom. The molecule has 15 nitrogen and oxygen atoms in total. The van der Waals surface area contributed by atoms with Gasteiger partial charge in [-0.25, -0.2) is 19.7 Å². The molecule has 1 saturated heterocycles. The molecule has 1 fully saturated rings. The van der Waals surface area contributed by atoms with Gasteiger partial charge in [0.25, 0.3) is 0 Å². The maximum Gasteiger partial charge on any atom is 0.330 e. The van der Waals surface area contributed by atoms with Gasteiger partial charge in [0.2, 0.25) is 11.6 Å². The zero-order chi connectivity index (χ0) is 38.2.